The summed E-state index contributed by atoms with van der Waals surface area (Å²) in [5, 5.41) is 0. The number of aromatic amines is 2. The zero-order chi connectivity index (χ0) is 29.9. The maximum absolute atomic E-state index is 6.16. The minimum Gasteiger partial charge on any atom is -0.493 e. The second-order valence-corrected chi connectivity index (χ2v) is 13.7. The van der Waals surface area contributed by atoms with Crippen LogP contribution in [0.4, 0.5) is 0 Å². The summed E-state index contributed by atoms with van der Waals surface area (Å²) in [4.78, 5) is 17.9. The summed E-state index contributed by atoms with van der Waals surface area (Å²) in [7, 11) is 1.74. The van der Waals surface area contributed by atoms with Crippen LogP contribution in [-0.2, 0) is 23.7 Å². The number of hydrogen-bond acceptors (Lipinski definition) is 3. The first-order chi connectivity index (χ1) is 20.6. The van der Waals surface area contributed by atoms with Crippen LogP contribution in [0, 0.1) is 0 Å². The molecule has 2 aliphatic heterocycles. The highest BCUT2D eigenvalue weighted by molar-refractivity contribution is 9.10. The average molecular weight is 632 g/mol. The van der Waals surface area contributed by atoms with Crippen LogP contribution in [0.2, 0.25) is 0 Å². The van der Waals surface area contributed by atoms with Gasteiger partial charge in [-0.3, -0.25) is 9.97 Å². The van der Waals surface area contributed by atoms with Gasteiger partial charge in [0.05, 0.1) is 34.0 Å². The Morgan fingerprint density at radius 1 is 0.651 bits per heavy atom. The molecule has 2 N–H and O–H groups in total. The van der Waals surface area contributed by atoms with Crippen molar-refractivity contribution in [3.8, 4) is 28.0 Å². The van der Waals surface area contributed by atoms with Crippen molar-refractivity contribution in [2.45, 2.75) is 51.4 Å². The van der Waals surface area contributed by atoms with Crippen molar-refractivity contribution in [2.75, 3.05) is 7.11 Å². The van der Waals surface area contributed by atoms with Gasteiger partial charge in [0.25, 0.3) is 0 Å². The van der Waals surface area contributed by atoms with Crippen molar-refractivity contribution >= 4 is 38.0 Å². The molecule has 3 aromatic heterocycles. The number of ether oxygens (including phenoxy) is 1. The van der Waals surface area contributed by atoms with Crippen LogP contribution in [0.15, 0.2) is 89.4 Å². The van der Waals surface area contributed by atoms with Crippen LogP contribution >= 0.6 is 15.9 Å². The van der Waals surface area contributed by atoms with Gasteiger partial charge in [-0.05, 0) is 51.3 Å². The molecule has 6 heteroatoms. The van der Waals surface area contributed by atoms with Gasteiger partial charge in [-0.15, -0.1) is 0 Å². The first-order valence-corrected chi connectivity index (χ1v) is 15.5. The molecule has 0 atom stereocenters. The van der Waals surface area contributed by atoms with Gasteiger partial charge < -0.3 is 14.7 Å². The molecule has 2 aliphatic rings. The Balaban J connectivity index is 1.64. The molecular weight excluding hydrogens is 596 g/mol. The summed E-state index contributed by atoms with van der Waals surface area (Å²) in [5.41, 5.74) is 12.1. The Morgan fingerprint density at radius 3 is 1.65 bits per heavy atom. The lowest BCUT2D eigenvalue weighted by atomic mass is 9.86. The van der Waals surface area contributed by atoms with E-state index in [9.17, 15) is 0 Å². The number of fused-ring (bicyclic) bond motifs is 8. The summed E-state index contributed by atoms with van der Waals surface area (Å²) in [5.74, 6) is 0.773. The molecule has 0 fully saturated rings. The predicted molar refractivity (Wildman–Crippen MR) is 180 cm³/mol. The number of nitrogens with zero attached hydrogens (tertiary/aromatic N) is 2. The number of aromatic nitrogens is 4. The molecule has 0 saturated carbocycles. The quantitative estimate of drug-likeness (QED) is 0.209. The maximum atomic E-state index is 6.16. The van der Waals surface area contributed by atoms with Crippen LogP contribution in [0.5, 0.6) is 5.75 Å². The van der Waals surface area contributed by atoms with Gasteiger partial charge in [0.15, 0.2) is 5.75 Å². The number of halogens is 1. The first kappa shape index (κ1) is 27.7. The summed E-state index contributed by atoms with van der Waals surface area (Å²) < 4.78 is 7.15. The molecule has 5 aromatic rings. The van der Waals surface area contributed by atoms with Crippen LogP contribution < -0.4 is 4.74 Å². The summed E-state index contributed by atoms with van der Waals surface area (Å²) in [6, 6.07) is 29.8. The SMILES string of the molecule is COc1c2nc(cc3cc(-c4ccccc4)c([nH]3)c(Br)c3nc(cc4cc(-c5ccccc5)c1[nH]4)C(C)(C)C3)C(C)(C)C2. The van der Waals surface area contributed by atoms with Gasteiger partial charge in [-0.2, -0.15) is 0 Å². The normalized spacial score (nSPS) is 15.4. The fraction of sp³-hybridized carbons (Fsp3) is 0.243. The van der Waals surface area contributed by atoms with Gasteiger partial charge >= 0.3 is 0 Å². The van der Waals surface area contributed by atoms with Crippen LogP contribution in [0.25, 0.3) is 44.3 Å². The van der Waals surface area contributed by atoms with E-state index in [0.717, 1.165) is 90.2 Å². The Bertz CT molecular complexity index is 2020. The highest BCUT2D eigenvalue weighted by Crippen LogP contribution is 2.41. The third kappa shape index (κ3) is 4.88. The fourth-order valence-corrected chi connectivity index (χ4v) is 6.90. The van der Waals surface area contributed by atoms with Gasteiger partial charge in [-0.1, -0.05) is 88.4 Å². The Labute approximate surface area is 260 Å². The molecular formula is C37H35BrN4O. The lowest BCUT2D eigenvalue weighted by Crippen LogP contribution is -2.15. The number of methoxy groups -OCH3 is 1. The summed E-state index contributed by atoms with van der Waals surface area (Å²) >= 11 is 4.00. The molecule has 7 rings (SSSR count). The predicted octanol–water partition coefficient (Wildman–Crippen LogP) is 9.46. The van der Waals surface area contributed by atoms with Gasteiger partial charge in [0.2, 0.25) is 0 Å². The molecule has 0 unspecified atom stereocenters. The molecule has 0 spiro atoms. The molecule has 0 saturated heterocycles. The van der Waals surface area contributed by atoms with E-state index in [0.29, 0.717) is 0 Å². The number of rotatable bonds is 3. The molecule has 5 nitrogen and oxygen atoms in total. The summed E-state index contributed by atoms with van der Waals surface area (Å²) in [6.07, 6.45) is 1.58. The van der Waals surface area contributed by atoms with Crippen molar-refractivity contribution in [1.29, 1.82) is 0 Å². The van der Waals surface area contributed by atoms with Crippen molar-refractivity contribution in [1.82, 2.24) is 19.9 Å². The molecule has 5 heterocycles. The standard InChI is InChI=1S/C37H35BrN4O/c1-36(2)20-28-32(38)33-26(22-12-8-6-9-13-22)16-24(39-33)18-31-37(3,4)21-29(42-31)35(43-5)34-27(23-14-10-7-11-15-23)17-25(40-34)19-30(36)41-28/h6-19,39-40H,20-21H2,1-5H3. The second-order valence-electron chi connectivity index (χ2n) is 12.9. The highest BCUT2D eigenvalue weighted by Gasteiger charge is 2.33. The molecule has 216 valence electrons. The molecule has 0 amide bonds. The highest BCUT2D eigenvalue weighted by atomic mass is 79.9. The van der Waals surface area contributed by atoms with E-state index in [-0.39, 0.29) is 10.8 Å². The number of H-pyrrole nitrogens is 2. The van der Waals surface area contributed by atoms with E-state index < -0.39 is 0 Å². The summed E-state index contributed by atoms with van der Waals surface area (Å²) in [6.45, 7) is 9.02. The van der Waals surface area contributed by atoms with E-state index in [1.165, 1.54) is 0 Å². The third-order valence-corrected chi connectivity index (χ3v) is 9.57. The van der Waals surface area contributed by atoms with Crippen molar-refractivity contribution in [3.05, 3.63) is 112 Å². The third-order valence-electron chi connectivity index (χ3n) is 8.71. The lowest BCUT2D eigenvalue weighted by molar-refractivity contribution is 0.409. The van der Waals surface area contributed by atoms with Gasteiger partial charge in [-0.25, -0.2) is 0 Å². The minimum atomic E-state index is -0.177. The van der Waals surface area contributed by atoms with Crippen LogP contribution in [0.3, 0.4) is 0 Å². The van der Waals surface area contributed by atoms with Gasteiger partial charge in [0.1, 0.15) is 0 Å². The Hall–Kier alpha value is -4.16. The average Bonchev–Trinajstić information content (AvgIpc) is 3.74. The van der Waals surface area contributed by atoms with E-state index in [1.807, 2.05) is 6.07 Å². The maximum Gasteiger partial charge on any atom is 0.164 e. The van der Waals surface area contributed by atoms with Crippen molar-refractivity contribution in [2.24, 2.45) is 0 Å². The monoisotopic (exact) mass is 630 g/mol. The number of benzene rings is 2. The second kappa shape index (κ2) is 10.2. The van der Waals surface area contributed by atoms with Crippen molar-refractivity contribution in [3.63, 3.8) is 0 Å². The molecule has 0 radical (unpaired) electrons. The molecule has 0 aliphatic carbocycles. The minimum absolute atomic E-state index is 0.147. The van der Waals surface area contributed by atoms with E-state index >= 15 is 0 Å². The lowest BCUT2D eigenvalue weighted by Gasteiger charge is -2.16. The Kier molecular flexibility index (Phi) is 6.58. The molecule has 8 bridgehead atoms. The largest absolute Gasteiger partial charge is 0.493 e. The van der Waals surface area contributed by atoms with E-state index in [2.05, 4.69) is 132 Å². The first-order valence-electron chi connectivity index (χ1n) is 14.7. The van der Waals surface area contributed by atoms with Crippen LogP contribution in [0.1, 0.15) is 50.5 Å². The van der Waals surface area contributed by atoms with Crippen LogP contribution in [-0.4, -0.2) is 27.0 Å². The number of hydrogen-bond donors (Lipinski definition) is 2. The topological polar surface area (TPSA) is 66.6 Å². The van der Waals surface area contributed by atoms with E-state index in [4.69, 9.17) is 14.7 Å². The zero-order valence-corrected chi connectivity index (χ0v) is 26.8. The number of nitrogens with one attached hydrogen (secondary N) is 2. The molecule has 2 aromatic carbocycles. The molecule has 43 heavy (non-hydrogen) atoms. The zero-order valence-electron chi connectivity index (χ0n) is 25.2. The van der Waals surface area contributed by atoms with E-state index in [1.54, 1.807) is 7.11 Å². The van der Waals surface area contributed by atoms with Crippen molar-refractivity contribution < 1.29 is 4.74 Å². The van der Waals surface area contributed by atoms with Gasteiger partial charge in [0, 0.05) is 57.2 Å². The fourth-order valence-electron chi connectivity index (χ4n) is 6.36. The smallest absolute Gasteiger partial charge is 0.164 e. The Morgan fingerprint density at radius 2 is 1.12 bits per heavy atom.